The molecular formula is C19H20N4S2. The minimum absolute atomic E-state index is 0.980. The van der Waals surface area contributed by atoms with E-state index in [2.05, 4.69) is 45.5 Å². The number of hydrogen-bond donors (Lipinski definition) is 1. The highest BCUT2D eigenvalue weighted by Gasteiger charge is 2.17. The molecular weight excluding hydrogens is 348 g/mol. The molecule has 0 fully saturated rings. The third-order valence-electron chi connectivity index (χ3n) is 4.21. The number of imidazole rings is 1. The highest BCUT2D eigenvalue weighted by Crippen LogP contribution is 2.34. The molecule has 4 nitrogen and oxygen atoms in total. The number of hydrogen-bond acceptors (Lipinski definition) is 5. The van der Waals surface area contributed by atoms with Gasteiger partial charge in [0.1, 0.15) is 16.5 Å². The Kier molecular flexibility index (Phi) is 4.63. The molecule has 0 aliphatic carbocycles. The number of thiazole rings is 2. The number of aromatic nitrogens is 4. The maximum absolute atomic E-state index is 4.92. The second-order valence-electron chi connectivity index (χ2n) is 6.19. The first-order chi connectivity index (χ1) is 12.2. The standard InChI is InChI=1S/C19H20N4S2/c1-3-4-5-6-16-22-17(18(23-16)19-21-12(2)10-24-19)13-7-8-14-15(9-13)25-11-20-14/h7-11H,3-6H2,1-2H3,(H,22,23). The van der Waals surface area contributed by atoms with E-state index in [1.165, 1.54) is 17.5 Å². The van der Waals surface area contributed by atoms with Gasteiger partial charge < -0.3 is 4.98 Å². The number of nitrogens with zero attached hydrogens (tertiary/aromatic N) is 3. The summed E-state index contributed by atoms with van der Waals surface area (Å²) in [6.45, 7) is 4.25. The predicted octanol–water partition coefficient (Wildman–Crippen LogP) is 5.85. The van der Waals surface area contributed by atoms with Crippen LogP contribution >= 0.6 is 22.7 Å². The van der Waals surface area contributed by atoms with Gasteiger partial charge in [0.15, 0.2) is 0 Å². The van der Waals surface area contributed by atoms with E-state index in [0.29, 0.717) is 0 Å². The first-order valence-corrected chi connectivity index (χ1v) is 10.4. The van der Waals surface area contributed by atoms with E-state index in [1.807, 2.05) is 12.4 Å². The molecule has 0 spiro atoms. The number of benzene rings is 1. The van der Waals surface area contributed by atoms with Crippen molar-refractivity contribution in [2.24, 2.45) is 0 Å². The molecule has 0 atom stereocenters. The number of aromatic amines is 1. The van der Waals surface area contributed by atoms with Gasteiger partial charge in [-0.1, -0.05) is 25.8 Å². The molecule has 0 aliphatic rings. The number of rotatable bonds is 6. The fraction of sp³-hybridized carbons (Fsp3) is 0.316. The average molecular weight is 369 g/mol. The molecule has 0 saturated heterocycles. The SMILES string of the molecule is CCCCCc1nc(-c2ccc3ncsc3c2)c(-c2nc(C)cs2)[nH]1. The Labute approximate surface area is 155 Å². The van der Waals surface area contributed by atoms with Crippen molar-refractivity contribution in [1.29, 1.82) is 0 Å². The molecule has 0 saturated carbocycles. The summed E-state index contributed by atoms with van der Waals surface area (Å²) in [6, 6.07) is 6.37. The molecule has 128 valence electrons. The van der Waals surface area contributed by atoms with Crippen LogP contribution in [0.3, 0.4) is 0 Å². The number of nitrogens with one attached hydrogen (secondary N) is 1. The average Bonchev–Trinajstić information content (AvgIpc) is 3.33. The summed E-state index contributed by atoms with van der Waals surface area (Å²) < 4.78 is 1.19. The number of fused-ring (bicyclic) bond motifs is 1. The van der Waals surface area contributed by atoms with Crippen LogP contribution in [0.5, 0.6) is 0 Å². The van der Waals surface area contributed by atoms with Gasteiger partial charge >= 0.3 is 0 Å². The molecule has 0 aliphatic heterocycles. The van der Waals surface area contributed by atoms with Crippen LogP contribution in [0.4, 0.5) is 0 Å². The summed E-state index contributed by atoms with van der Waals surface area (Å²) in [5.74, 6) is 1.05. The fourth-order valence-corrected chi connectivity index (χ4v) is 4.43. The van der Waals surface area contributed by atoms with Gasteiger partial charge in [0.25, 0.3) is 0 Å². The normalized spacial score (nSPS) is 11.4. The van der Waals surface area contributed by atoms with Gasteiger partial charge in [0.05, 0.1) is 21.4 Å². The Morgan fingerprint density at radius 3 is 2.84 bits per heavy atom. The smallest absolute Gasteiger partial charge is 0.142 e. The summed E-state index contributed by atoms with van der Waals surface area (Å²) in [5.41, 5.74) is 7.13. The second kappa shape index (κ2) is 7.06. The van der Waals surface area contributed by atoms with E-state index in [9.17, 15) is 0 Å². The highest BCUT2D eigenvalue weighted by molar-refractivity contribution is 7.16. The molecule has 0 radical (unpaired) electrons. The van der Waals surface area contributed by atoms with Crippen molar-refractivity contribution in [3.8, 4) is 22.0 Å². The maximum atomic E-state index is 4.92. The topological polar surface area (TPSA) is 54.5 Å². The summed E-state index contributed by atoms with van der Waals surface area (Å²) in [7, 11) is 0. The highest BCUT2D eigenvalue weighted by atomic mass is 32.1. The van der Waals surface area contributed by atoms with Crippen molar-refractivity contribution in [3.63, 3.8) is 0 Å². The van der Waals surface area contributed by atoms with Crippen LogP contribution < -0.4 is 0 Å². The molecule has 6 heteroatoms. The Balaban J connectivity index is 1.78. The lowest BCUT2D eigenvalue weighted by Crippen LogP contribution is -1.88. The van der Waals surface area contributed by atoms with E-state index in [4.69, 9.17) is 4.98 Å². The van der Waals surface area contributed by atoms with Crippen LogP contribution in [-0.2, 0) is 6.42 Å². The molecule has 3 heterocycles. The lowest BCUT2D eigenvalue weighted by Gasteiger charge is -2.00. The molecule has 1 N–H and O–H groups in total. The summed E-state index contributed by atoms with van der Waals surface area (Å²) in [4.78, 5) is 17.5. The van der Waals surface area contributed by atoms with Crippen LogP contribution in [0, 0.1) is 6.92 Å². The largest absolute Gasteiger partial charge is 0.339 e. The van der Waals surface area contributed by atoms with Gasteiger partial charge in [-0.05, 0) is 25.5 Å². The fourth-order valence-electron chi connectivity index (χ4n) is 2.92. The van der Waals surface area contributed by atoms with Crippen LogP contribution in [0.25, 0.3) is 32.2 Å². The number of unbranched alkanes of at least 4 members (excludes halogenated alkanes) is 2. The van der Waals surface area contributed by atoms with Crippen molar-refractivity contribution >= 4 is 32.9 Å². The number of aryl methyl sites for hydroxylation is 2. The molecule has 0 amide bonds. The zero-order chi connectivity index (χ0) is 17.2. The quantitative estimate of drug-likeness (QED) is 0.434. The Bertz CT molecular complexity index is 996. The van der Waals surface area contributed by atoms with Crippen LogP contribution in [0.15, 0.2) is 29.1 Å². The number of H-pyrrole nitrogens is 1. The zero-order valence-corrected chi connectivity index (χ0v) is 16.0. The molecule has 25 heavy (non-hydrogen) atoms. The Morgan fingerprint density at radius 1 is 1.12 bits per heavy atom. The zero-order valence-electron chi connectivity index (χ0n) is 14.4. The second-order valence-corrected chi connectivity index (χ2v) is 7.94. The first kappa shape index (κ1) is 16.4. The van der Waals surface area contributed by atoms with Gasteiger partial charge in [-0.3, -0.25) is 0 Å². The Hall–Kier alpha value is -2.05. The van der Waals surface area contributed by atoms with Crippen molar-refractivity contribution in [1.82, 2.24) is 19.9 Å². The van der Waals surface area contributed by atoms with E-state index in [0.717, 1.165) is 51.8 Å². The van der Waals surface area contributed by atoms with Crippen LogP contribution in [0.2, 0.25) is 0 Å². The third kappa shape index (κ3) is 3.37. The van der Waals surface area contributed by atoms with Gasteiger partial charge in [0, 0.05) is 23.1 Å². The lowest BCUT2D eigenvalue weighted by atomic mass is 10.1. The summed E-state index contributed by atoms with van der Waals surface area (Å²) in [5, 5.41) is 3.09. The molecule has 4 rings (SSSR count). The molecule has 3 aromatic heterocycles. The molecule has 4 aromatic rings. The van der Waals surface area contributed by atoms with Crippen LogP contribution in [-0.4, -0.2) is 19.9 Å². The van der Waals surface area contributed by atoms with Crippen molar-refractivity contribution in [2.75, 3.05) is 0 Å². The van der Waals surface area contributed by atoms with Crippen molar-refractivity contribution in [3.05, 3.63) is 40.6 Å². The monoisotopic (exact) mass is 368 g/mol. The lowest BCUT2D eigenvalue weighted by molar-refractivity contribution is 0.699. The summed E-state index contributed by atoms with van der Waals surface area (Å²) in [6.07, 6.45) is 4.59. The third-order valence-corrected chi connectivity index (χ3v) is 5.98. The molecule has 1 aromatic carbocycles. The van der Waals surface area contributed by atoms with E-state index in [-0.39, 0.29) is 0 Å². The molecule has 0 bridgehead atoms. The van der Waals surface area contributed by atoms with Gasteiger partial charge in [-0.2, -0.15) is 0 Å². The maximum Gasteiger partial charge on any atom is 0.142 e. The predicted molar refractivity (Wildman–Crippen MR) is 106 cm³/mol. The Morgan fingerprint density at radius 2 is 2.04 bits per heavy atom. The van der Waals surface area contributed by atoms with E-state index >= 15 is 0 Å². The summed E-state index contributed by atoms with van der Waals surface area (Å²) >= 11 is 3.33. The van der Waals surface area contributed by atoms with Crippen molar-refractivity contribution in [2.45, 2.75) is 39.5 Å². The van der Waals surface area contributed by atoms with Crippen molar-refractivity contribution < 1.29 is 0 Å². The molecule has 0 unspecified atom stereocenters. The van der Waals surface area contributed by atoms with E-state index < -0.39 is 0 Å². The first-order valence-electron chi connectivity index (χ1n) is 8.59. The minimum atomic E-state index is 0.980. The van der Waals surface area contributed by atoms with E-state index in [1.54, 1.807) is 22.7 Å². The van der Waals surface area contributed by atoms with Gasteiger partial charge in [-0.25, -0.2) is 15.0 Å². The minimum Gasteiger partial charge on any atom is -0.339 e. The van der Waals surface area contributed by atoms with Gasteiger partial charge in [-0.15, -0.1) is 22.7 Å². The van der Waals surface area contributed by atoms with Crippen LogP contribution in [0.1, 0.15) is 37.7 Å². The van der Waals surface area contributed by atoms with Gasteiger partial charge in [0.2, 0.25) is 0 Å².